The van der Waals surface area contributed by atoms with Crippen LogP contribution in [0.3, 0.4) is 0 Å². The first-order valence-corrected chi connectivity index (χ1v) is 2.98. The van der Waals surface area contributed by atoms with Gasteiger partial charge >= 0.3 is 6.18 Å². The monoisotopic (exact) mass is 158 g/mol. The van der Waals surface area contributed by atoms with Crippen molar-refractivity contribution in [2.75, 3.05) is 0 Å². The molecule has 0 aromatic carbocycles. The van der Waals surface area contributed by atoms with Gasteiger partial charge in [0.2, 0.25) is 0 Å². The molecule has 0 aromatic heterocycles. The molecule has 0 spiro atoms. The fraction of sp³-hybridized carbons (Fsp3) is 0.125. The Hall–Kier alpha value is -1.21. The van der Waals surface area contributed by atoms with Crippen molar-refractivity contribution in [2.24, 2.45) is 0 Å². The van der Waals surface area contributed by atoms with Crippen LogP contribution in [-0.2, 0) is 0 Å². The Bertz CT molecular complexity index is 260. The Morgan fingerprint density at radius 3 is 2.45 bits per heavy atom. The molecule has 1 aliphatic carbocycles. The summed E-state index contributed by atoms with van der Waals surface area (Å²) in [5.41, 5.74) is 1.37. The minimum atomic E-state index is -4.29. The van der Waals surface area contributed by atoms with Gasteiger partial charge in [-0.15, -0.1) is 5.73 Å². The van der Waals surface area contributed by atoms with Gasteiger partial charge in [0.25, 0.3) is 0 Å². The summed E-state index contributed by atoms with van der Waals surface area (Å²) >= 11 is 0. The summed E-state index contributed by atoms with van der Waals surface area (Å²) in [6.07, 6.45) is 2.28. The van der Waals surface area contributed by atoms with Crippen LogP contribution < -0.4 is 0 Å². The van der Waals surface area contributed by atoms with Crippen molar-refractivity contribution < 1.29 is 13.2 Å². The second-order valence-electron chi connectivity index (χ2n) is 1.97. The first kappa shape index (κ1) is 7.89. The highest BCUT2D eigenvalue weighted by atomic mass is 19.4. The third-order valence-corrected chi connectivity index (χ3v) is 1.13. The van der Waals surface area contributed by atoms with Crippen molar-refractivity contribution in [1.82, 2.24) is 0 Å². The van der Waals surface area contributed by atoms with Gasteiger partial charge < -0.3 is 0 Å². The van der Waals surface area contributed by atoms with Gasteiger partial charge in [0.05, 0.1) is 5.57 Å². The van der Waals surface area contributed by atoms with Gasteiger partial charge in [-0.3, -0.25) is 0 Å². The Labute approximate surface area is 62.0 Å². The van der Waals surface area contributed by atoms with Gasteiger partial charge in [-0.05, 0) is 12.2 Å². The third kappa shape index (κ3) is 2.13. The maximum Gasteiger partial charge on any atom is 0.423 e. The number of rotatable bonds is 0. The van der Waals surface area contributed by atoms with Crippen LogP contribution in [0.1, 0.15) is 0 Å². The number of halogens is 3. The van der Waals surface area contributed by atoms with E-state index in [2.05, 4.69) is 5.73 Å². The summed E-state index contributed by atoms with van der Waals surface area (Å²) in [6, 6.07) is 0. The SMILES string of the molecule is FC(F)(F)C1=C=CC=CC=C1. The van der Waals surface area contributed by atoms with Gasteiger partial charge in [-0.25, -0.2) is 0 Å². The molecule has 0 atom stereocenters. The molecule has 0 aromatic rings. The molecule has 0 nitrogen and oxygen atoms in total. The molecular weight excluding hydrogens is 153 g/mol. The van der Waals surface area contributed by atoms with E-state index >= 15 is 0 Å². The van der Waals surface area contributed by atoms with E-state index < -0.39 is 11.7 Å². The molecule has 11 heavy (non-hydrogen) atoms. The molecule has 0 radical (unpaired) electrons. The Kier molecular flexibility index (Phi) is 2.01. The summed E-state index contributed by atoms with van der Waals surface area (Å²) in [5, 5.41) is 0. The highest BCUT2D eigenvalue weighted by Crippen LogP contribution is 2.25. The van der Waals surface area contributed by atoms with E-state index in [0.29, 0.717) is 0 Å². The second kappa shape index (κ2) is 2.81. The topological polar surface area (TPSA) is 0 Å². The minimum absolute atomic E-state index is 0.748. The molecule has 0 aliphatic heterocycles. The predicted octanol–water partition coefficient (Wildman–Crippen LogP) is 2.76. The van der Waals surface area contributed by atoms with Crippen molar-refractivity contribution >= 4 is 0 Å². The van der Waals surface area contributed by atoms with Crippen LogP contribution in [-0.4, -0.2) is 6.18 Å². The molecule has 0 amide bonds. The van der Waals surface area contributed by atoms with Crippen molar-refractivity contribution in [2.45, 2.75) is 6.18 Å². The average Bonchev–Trinajstić information content (AvgIpc) is 2.10. The van der Waals surface area contributed by atoms with Crippen LogP contribution in [0, 0.1) is 0 Å². The van der Waals surface area contributed by atoms with E-state index in [4.69, 9.17) is 0 Å². The van der Waals surface area contributed by atoms with E-state index in [1.807, 2.05) is 0 Å². The Morgan fingerprint density at radius 1 is 1.09 bits per heavy atom. The zero-order chi connectivity index (χ0) is 8.32. The average molecular weight is 158 g/mol. The number of allylic oxidation sites excluding steroid dienone is 5. The van der Waals surface area contributed by atoms with Gasteiger partial charge in [0.1, 0.15) is 0 Å². The van der Waals surface area contributed by atoms with Crippen molar-refractivity contribution in [3.05, 3.63) is 41.7 Å². The molecule has 0 N–H and O–H groups in total. The second-order valence-corrected chi connectivity index (χ2v) is 1.97. The lowest BCUT2D eigenvalue weighted by molar-refractivity contribution is -0.0879. The van der Waals surface area contributed by atoms with Crippen LogP contribution >= 0.6 is 0 Å². The van der Waals surface area contributed by atoms with Gasteiger partial charge in [0.15, 0.2) is 0 Å². The highest BCUT2D eigenvalue weighted by Gasteiger charge is 2.31. The zero-order valence-electron chi connectivity index (χ0n) is 5.52. The summed E-state index contributed by atoms with van der Waals surface area (Å²) < 4.78 is 35.8. The molecule has 0 unspecified atom stereocenters. The predicted molar refractivity (Wildman–Crippen MR) is 35.9 cm³/mol. The van der Waals surface area contributed by atoms with Crippen LogP contribution in [0.4, 0.5) is 13.2 Å². The first-order chi connectivity index (χ1) is 5.11. The number of hydrogen-bond donors (Lipinski definition) is 0. The van der Waals surface area contributed by atoms with Gasteiger partial charge in [-0.2, -0.15) is 13.2 Å². The molecule has 1 aliphatic rings. The number of alkyl halides is 3. The lowest BCUT2D eigenvalue weighted by Gasteiger charge is -2.02. The fourth-order valence-corrected chi connectivity index (χ4v) is 0.634. The molecule has 0 fully saturated rings. The van der Waals surface area contributed by atoms with Crippen LogP contribution in [0.15, 0.2) is 41.7 Å². The van der Waals surface area contributed by atoms with Crippen molar-refractivity contribution in [1.29, 1.82) is 0 Å². The molecule has 1 rings (SSSR count). The summed E-state index contributed by atoms with van der Waals surface area (Å²) in [5.74, 6) is 0. The van der Waals surface area contributed by atoms with Crippen molar-refractivity contribution in [3.8, 4) is 0 Å². The minimum Gasteiger partial charge on any atom is -0.165 e. The maximum absolute atomic E-state index is 11.9. The molecule has 0 saturated heterocycles. The summed E-state index contributed by atoms with van der Waals surface area (Å²) in [7, 11) is 0. The molecular formula is C8H5F3. The molecule has 0 saturated carbocycles. The Morgan fingerprint density at radius 2 is 1.82 bits per heavy atom. The first-order valence-electron chi connectivity index (χ1n) is 2.98. The largest absolute Gasteiger partial charge is 0.423 e. The summed E-state index contributed by atoms with van der Waals surface area (Å²) in [6.45, 7) is 0. The van der Waals surface area contributed by atoms with E-state index in [9.17, 15) is 13.2 Å². The van der Waals surface area contributed by atoms with E-state index in [1.54, 1.807) is 0 Å². The van der Waals surface area contributed by atoms with Crippen LogP contribution in [0.2, 0.25) is 0 Å². The van der Waals surface area contributed by atoms with E-state index in [0.717, 1.165) is 6.08 Å². The normalized spacial score (nSPS) is 16.5. The molecule has 58 valence electrons. The molecule has 3 heteroatoms. The number of hydrogen-bond acceptors (Lipinski definition) is 0. The standard InChI is InChI=1S/C8H5F3/c9-8(10,11)7-5-3-1-2-4-6-7/h1-5H. The lowest BCUT2D eigenvalue weighted by atomic mass is 10.2. The fourth-order valence-electron chi connectivity index (χ4n) is 0.634. The highest BCUT2D eigenvalue weighted by molar-refractivity contribution is 5.30. The van der Waals surface area contributed by atoms with E-state index in [-0.39, 0.29) is 0 Å². The van der Waals surface area contributed by atoms with E-state index in [1.165, 1.54) is 24.3 Å². The molecule has 0 heterocycles. The van der Waals surface area contributed by atoms with Crippen molar-refractivity contribution in [3.63, 3.8) is 0 Å². The Balaban J connectivity index is 2.99. The van der Waals surface area contributed by atoms with Crippen LogP contribution in [0.25, 0.3) is 0 Å². The lowest BCUT2D eigenvalue weighted by Crippen LogP contribution is -2.08. The van der Waals surface area contributed by atoms with Crippen LogP contribution in [0.5, 0.6) is 0 Å². The molecule has 0 bridgehead atoms. The maximum atomic E-state index is 11.9. The third-order valence-electron chi connectivity index (χ3n) is 1.13. The van der Waals surface area contributed by atoms with Gasteiger partial charge in [-0.1, -0.05) is 18.2 Å². The summed E-state index contributed by atoms with van der Waals surface area (Å²) in [4.78, 5) is 0. The van der Waals surface area contributed by atoms with Gasteiger partial charge in [0, 0.05) is 0 Å². The quantitative estimate of drug-likeness (QED) is 0.475. The smallest absolute Gasteiger partial charge is 0.165 e. The zero-order valence-corrected chi connectivity index (χ0v) is 5.52.